The zero-order valence-electron chi connectivity index (χ0n) is 10.3. The van der Waals surface area contributed by atoms with E-state index >= 15 is 0 Å². The lowest BCUT2D eigenvalue weighted by atomic mass is 10.2. The zero-order chi connectivity index (χ0) is 11.9. The number of ether oxygens (including phenoxy) is 2. The standard InChI is InChI=1S/C11H20N4O2/c1-12-7-10-8-15(14-13-10)4-6-16-9-11-3-2-5-17-11/h8,11-12H,2-7,9H2,1H3. The van der Waals surface area contributed by atoms with Gasteiger partial charge in [-0.05, 0) is 19.9 Å². The number of rotatable bonds is 7. The van der Waals surface area contributed by atoms with E-state index in [0.717, 1.165) is 38.2 Å². The molecule has 1 unspecified atom stereocenters. The maximum Gasteiger partial charge on any atom is 0.0964 e. The fraction of sp³-hybridized carbons (Fsp3) is 0.818. The maximum absolute atomic E-state index is 5.56. The van der Waals surface area contributed by atoms with Crippen molar-refractivity contribution < 1.29 is 9.47 Å². The smallest absolute Gasteiger partial charge is 0.0964 e. The Balaban J connectivity index is 1.60. The predicted octanol–water partition coefficient (Wildman–Crippen LogP) is 0.193. The first-order valence-electron chi connectivity index (χ1n) is 6.11. The van der Waals surface area contributed by atoms with E-state index in [2.05, 4.69) is 15.6 Å². The van der Waals surface area contributed by atoms with Crippen molar-refractivity contribution in [3.63, 3.8) is 0 Å². The summed E-state index contributed by atoms with van der Waals surface area (Å²) < 4.78 is 12.8. The molecule has 0 aliphatic carbocycles. The van der Waals surface area contributed by atoms with Gasteiger partial charge in [0.15, 0.2) is 0 Å². The van der Waals surface area contributed by atoms with Gasteiger partial charge in [0.05, 0.1) is 31.6 Å². The highest BCUT2D eigenvalue weighted by Crippen LogP contribution is 2.11. The van der Waals surface area contributed by atoms with E-state index in [1.807, 2.05) is 17.9 Å². The number of hydrogen-bond donors (Lipinski definition) is 1. The van der Waals surface area contributed by atoms with Crippen LogP contribution in [0.2, 0.25) is 0 Å². The SMILES string of the molecule is CNCc1cn(CCOCC2CCCO2)nn1. The molecule has 1 aliphatic rings. The average molecular weight is 240 g/mol. The van der Waals surface area contributed by atoms with Gasteiger partial charge in [-0.3, -0.25) is 0 Å². The second-order valence-electron chi connectivity index (χ2n) is 4.21. The van der Waals surface area contributed by atoms with E-state index in [0.29, 0.717) is 19.3 Å². The molecule has 1 aliphatic heterocycles. The second-order valence-corrected chi connectivity index (χ2v) is 4.21. The summed E-state index contributed by atoms with van der Waals surface area (Å²) in [6.07, 6.45) is 4.51. The molecule has 0 spiro atoms. The van der Waals surface area contributed by atoms with Gasteiger partial charge in [0.1, 0.15) is 0 Å². The third-order valence-electron chi connectivity index (χ3n) is 2.74. The molecule has 2 rings (SSSR count). The van der Waals surface area contributed by atoms with Crippen LogP contribution < -0.4 is 5.32 Å². The Hall–Kier alpha value is -0.980. The molecule has 96 valence electrons. The van der Waals surface area contributed by atoms with Crippen LogP contribution in [0.25, 0.3) is 0 Å². The Labute approximate surface area is 101 Å². The molecule has 1 atom stereocenters. The largest absolute Gasteiger partial charge is 0.377 e. The molecular formula is C11H20N4O2. The average Bonchev–Trinajstić information content (AvgIpc) is 2.96. The Morgan fingerprint density at radius 2 is 2.59 bits per heavy atom. The second kappa shape index (κ2) is 6.68. The van der Waals surface area contributed by atoms with Crippen LogP contribution in [0.1, 0.15) is 18.5 Å². The molecule has 1 saturated heterocycles. The van der Waals surface area contributed by atoms with E-state index in [-0.39, 0.29) is 0 Å². The van der Waals surface area contributed by atoms with Gasteiger partial charge in [-0.15, -0.1) is 5.10 Å². The van der Waals surface area contributed by atoms with Crippen LogP contribution in [0, 0.1) is 0 Å². The van der Waals surface area contributed by atoms with Crippen molar-refractivity contribution in [1.29, 1.82) is 0 Å². The molecule has 1 aromatic heterocycles. The van der Waals surface area contributed by atoms with Gasteiger partial charge in [0.2, 0.25) is 0 Å². The highest BCUT2D eigenvalue weighted by atomic mass is 16.5. The van der Waals surface area contributed by atoms with E-state index in [4.69, 9.17) is 9.47 Å². The first kappa shape index (κ1) is 12.5. The summed E-state index contributed by atoms with van der Waals surface area (Å²) in [6.45, 7) is 3.71. The number of hydrogen-bond acceptors (Lipinski definition) is 5. The fourth-order valence-electron chi connectivity index (χ4n) is 1.86. The van der Waals surface area contributed by atoms with Gasteiger partial charge in [-0.1, -0.05) is 5.21 Å². The van der Waals surface area contributed by atoms with E-state index in [1.165, 1.54) is 0 Å². The number of aromatic nitrogens is 3. The van der Waals surface area contributed by atoms with Gasteiger partial charge < -0.3 is 14.8 Å². The Bertz CT molecular complexity index is 323. The summed E-state index contributed by atoms with van der Waals surface area (Å²) in [5, 5.41) is 11.1. The summed E-state index contributed by atoms with van der Waals surface area (Å²) in [5.41, 5.74) is 0.951. The normalized spacial score (nSPS) is 19.9. The number of nitrogens with zero attached hydrogens (tertiary/aromatic N) is 3. The molecule has 0 saturated carbocycles. The summed E-state index contributed by atoms with van der Waals surface area (Å²) in [7, 11) is 1.89. The minimum Gasteiger partial charge on any atom is -0.377 e. The van der Waals surface area contributed by atoms with Crippen LogP contribution in [0.5, 0.6) is 0 Å². The monoisotopic (exact) mass is 240 g/mol. The van der Waals surface area contributed by atoms with Gasteiger partial charge >= 0.3 is 0 Å². The lowest BCUT2D eigenvalue weighted by Gasteiger charge is -2.09. The highest BCUT2D eigenvalue weighted by molar-refractivity contribution is 4.90. The van der Waals surface area contributed by atoms with Crippen molar-refractivity contribution >= 4 is 0 Å². The van der Waals surface area contributed by atoms with Crippen LogP contribution in [0.3, 0.4) is 0 Å². The minimum atomic E-state index is 0.297. The summed E-state index contributed by atoms with van der Waals surface area (Å²) in [6, 6.07) is 0. The number of nitrogens with one attached hydrogen (secondary N) is 1. The summed E-state index contributed by atoms with van der Waals surface area (Å²) >= 11 is 0. The van der Waals surface area contributed by atoms with Crippen molar-refractivity contribution in [2.45, 2.75) is 32.0 Å². The first-order chi connectivity index (χ1) is 8.38. The molecule has 6 nitrogen and oxygen atoms in total. The van der Waals surface area contributed by atoms with E-state index < -0.39 is 0 Å². The molecule has 0 bridgehead atoms. The maximum atomic E-state index is 5.56. The molecule has 1 aromatic rings. The predicted molar refractivity (Wildman–Crippen MR) is 62.6 cm³/mol. The van der Waals surface area contributed by atoms with E-state index in [9.17, 15) is 0 Å². The van der Waals surface area contributed by atoms with Gasteiger partial charge in [-0.25, -0.2) is 4.68 Å². The Morgan fingerprint density at radius 1 is 1.65 bits per heavy atom. The van der Waals surface area contributed by atoms with Crippen molar-refractivity contribution in [2.24, 2.45) is 0 Å². The third kappa shape index (κ3) is 4.07. The molecule has 1 N–H and O–H groups in total. The summed E-state index contributed by atoms with van der Waals surface area (Å²) in [4.78, 5) is 0. The van der Waals surface area contributed by atoms with Crippen LogP contribution in [0.4, 0.5) is 0 Å². The third-order valence-corrected chi connectivity index (χ3v) is 2.74. The van der Waals surface area contributed by atoms with Gasteiger partial charge in [0.25, 0.3) is 0 Å². The lowest BCUT2D eigenvalue weighted by Crippen LogP contribution is -2.16. The quantitative estimate of drug-likeness (QED) is 0.690. The topological polar surface area (TPSA) is 61.2 Å². The van der Waals surface area contributed by atoms with Crippen LogP contribution in [-0.4, -0.2) is 48.0 Å². The van der Waals surface area contributed by atoms with Gasteiger partial charge in [0, 0.05) is 19.3 Å². The van der Waals surface area contributed by atoms with E-state index in [1.54, 1.807) is 0 Å². The molecule has 2 heterocycles. The molecule has 0 amide bonds. The molecule has 6 heteroatoms. The van der Waals surface area contributed by atoms with Crippen molar-refractivity contribution in [3.8, 4) is 0 Å². The first-order valence-corrected chi connectivity index (χ1v) is 6.11. The minimum absolute atomic E-state index is 0.297. The Morgan fingerprint density at radius 3 is 3.35 bits per heavy atom. The Kier molecular flexibility index (Phi) is 4.90. The molecular weight excluding hydrogens is 220 g/mol. The van der Waals surface area contributed by atoms with Crippen molar-refractivity contribution in [3.05, 3.63) is 11.9 Å². The lowest BCUT2D eigenvalue weighted by molar-refractivity contribution is 0.0141. The van der Waals surface area contributed by atoms with Crippen molar-refractivity contribution in [1.82, 2.24) is 20.3 Å². The van der Waals surface area contributed by atoms with Crippen molar-refractivity contribution in [2.75, 3.05) is 26.9 Å². The highest BCUT2D eigenvalue weighted by Gasteiger charge is 2.14. The van der Waals surface area contributed by atoms with Crippen LogP contribution >= 0.6 is 0 Å². The molecule has 1 fully saturated rings. The molecule has 0 radical (unpaired) electrons. The fourth-order valence-corrected chi connectivity index (χ4v) is 1.86. The molecule has 17 heavy (non-hydrogen) atoms. The summed E-state index contributed by atoms with van der Waals surface area (Å²) in [5.74, 6) is 0. The molecule has 0 aromatic carbocycles. The van der Waals surface area contributed by atoms with Gasteiger partial charge in [-0.2, -0.15) is 0 Å². The van der Waals surface area contributed by atoms with Crippen LogP contribution in [0.15, 0.2) is 6.20 Å². The van der Waals surface area contributed by atoms with Crippen LogP contribution in [-0.2, 0) is 22.6 Å². The zero-order valence-corrected chi connectivity index (χ0v) is 10.3.